The fourth-order valence-electron chi connectivity index (χ4n) is 2.40. The fourth-order valence-corrected chi connectivity index (χ4v) is 2.58. The second kappa shape index (κ2) is 7.27. The normalized spacial score (nSPS) is 10.8. The first-order chi connectivity index (χ1) is 11.6. The minimum absolute atomic E-state index is 0.0728. The van der Waals surface area contributed by atoms with E-state index in [2.05, 4.69) is 20.4 Å². The van der Waals surface area contributed by atoms with Gasteiger partial charge in [0.15, 0.2) is 0 Å². The standard InChI is InChI=1S/C16H17ClN6O/c1-12-19-6-8-22(12)7-2-3-16(24)21-14-9-13(17)4-5-15(14)23-11-18-10-20-23/h4-6,8-11H,2-3,7H2,1H3,(H,21,24). The lowest BCUT2D eigenvalue weighted by Gasteiger charge is -2.11. The molecule has 0 aliphatic rings. The van der Waals surface area contributed by atoms with Crippen LogP contribution in [0.3, 0.4) is 0 Å². The second-order valence-electron chi connectivity index (χ2n) is 5.32. The molecule has 0 saturated heterocycles. The van der Waals surface area contributed by atoms with Crippen LogP contribution in [0.15, 0.2) is 43.2 Å². The number of anilines is 1. The molecule has 24 heavy (non-hydrogen) atoms. The highest BCUT2D eigenvalue weighted by Gasteiger charge is 2.10. The molecule has 3 aromatic rings. The van der Waals surface area contributed by atoms with Crippen LogP contribution in [0.1, 0.15) is 18.7 Å². The molecule has 0 radical (unpaired) electrons. The largest absolute Gasteiger partial charge is 0.335 e. The Bertz CT molecular complexity index is 827. The van der Waals surface area contributed by atoms with E-state index in [0.717, 1.165) is 24.5 Å². The number of nitrogens with zero attached hydrogens (tertiary/aromatic N) is 5. The Kier molecular flexibility index (Phi) is 4.90. The monoisotopic (exact) mass is 344 g/mol. The SMILES string of the molecule is Cc1nccn1CCCC(=O)Nc1cc(Cl)ccc1-n1cncn1. The number of rotatable bonds is 6. The zero-order chi connectivity index (χ0) is 16.9. The molecule has 1 N–H and O–H groups in total. The maximum absolute atomic E-state index is 12.2. The van der Waals surface area contributed by atoms with Gasteiger partial charge in [-0.25, -0.2) is 14.6 Å². The van der Waals surface area contributed by atoms with Gasteiger partial charge in [0, 0.05) is 30.4 Å². The number of carbonyl (C=O) groups excluding carboxylic acids is 1. The summed E-state index contributed by atoms with van der Waals surface area (Å²) >= 11 is 6.04. The molecule has 0 aliphatic carbocycles. The van der Waals surface area contributed by atoms with Gasteiger partial charge in [0.25, 0.3) is 0 Å². The van der Waals surface area contributed by atoms with Gasteiger partial charge in [0.2, 0.25) is 5.91 Å². The highest BCUT2D eigenvalue weighted by atomic mass is 35.5. The Morgan fingerprint density at radius 2 is 2.25 bits per heavy atom. The first kappa shape index (κ1) is 16.2. The van der Waals surface area contributed by atoms with Crippen LogP contribution in [-0.2, 0) is 11.3 Å². The molecule has 2 aromatic heterocycles. The summed E-state index contributed by atoms with van der Waals surface area (Å²) in [6.07, 6.45) is 7.80. The Balaban J connectivity index is 1.64. The number of benzene rings is 1. The molecule has 0 saturated carbocycles. The van der Waals surface area contributed by atoms with Gasteiger partial charge in [0.1, 0.15) is 18.5 Å². The molecule has 124 valence electrons. The molecular weight excluding hydrogens is 328 g/mol. The van der Waals surface area contributed by atoms with Gasteiger partial charge in [-0.1, -0.05) is 11.6 Å². The van der Waals surface area contributed by atoms with Crippen molar-refractivity contribution in [2.24, 2.45) is 0 Å². The van der Waals surface area contributed by atoms with Crippen LogP contribution in [-0.4, -0.2) is 30.2 Å². The Morgan fingerprint density at radius 1 is 1.38 bits per heavy atom. The van der Waals surface area contributed by atoms with Crippen LogP contribution < -0.4 is 5.32 Å². The number of hydrogen-bond acceptors (Lipinski definition) is 4. The van der Waals surface area contributed by atoms with Gasteiger partial charge in [0.05, 0.1) is 11.4 Å². The molecule has 3 rings (SSSR count). The van der Waals surface area contributed by atoms with E-state index in [4.69, 9.17) is 11.6 Å². The molecule has 0 atom stereocenters. The Labute approximate surface area is 144 Å². The Morgan fingerprint density at radius 3 is 2.96 bits per heavy atom. The minimum Gasteiger partial charge on any atom is -0.335 e. The molecule has 0 unspecified atom stereocenters. The lowest BCUT2D eigenvalue weighted by Crippen LogP contribution is -2.14. The molecule has 1 aromatic carbocycles. The number of nitrogens with one attached hydrogen (secondary N) is 1. The van der Waals surface area contributed by atoms with Crippen molar-refractivity contribution >= 4 is 23.2 Å². The summed E-state index contributed by atoms with van der Waals surface area (Å²) in [4.78, 5) is 20.3. The first-order valence-electron chi connectivity index (χ1n) is 7.55. The third-order valence-electron chi connectivity index (χ3n) is 3.62. The van der Waals surface area contributed by atoms with Crippen molar-refractivity contribution in [3.05, 3.63) is 54.1 Å². The molecule has 1 amide bonds. The number of aromatic nitrogens is 5. The van der Waals surface area contributed by atoms with E-state index in [0.29, 0.717) is 17.1 Å². The van der Waals surface area contributed by atoms with Crippen LogP contribution in [0.4, 0.5) is 5.69 Å². The molecule has 0 spiro atoms. The highest BCUT2D eigenvalue weighted by Crippen LogP contribution is 2.24. The van der Waals surface area contributed by atoms with Gasteiger partial charge < -0.3 is 9.88 Å². The van der Waals surface area contributed by atoms with E-state index in [1.807, 2.05) is 17.7 Å². The number of amides is 1. The summed E-state index contributed by atoms with van der Waals surface area (Å²) in [6, 6.07) is 5.24. The van der Waals surface area contributed by atoms with E-state index in [-0.39, 0.29) is 5.91 Å². The average Bonchev–Trinajstić information content (AvgIpc) is 3.20. The average molecular weight is 345 g/mol. The van der Waals surface area contributed by atoms with Crippen LogP contribution in [0.2, 0.25) is 5.02 Å². The second-order valence-corrected chi connectivity index (χ2v) is 5.76. The first-order valence-corrected chi connectivity index (χ1v) is 7.93. The number of halogens is 1. The third-order valence-corrected chi connectivity index (χ3v) is 3.86. The molecule has 7 nitrogen and oxygen atoms in total. The summed E-state index contributed by atoms with van der Waals surface area (Å²) in [5, 5.41) is 7.53. The van der Waals surface area contributed by atoms with E-state index in [1.54, 1.807) is 35.4 Å². The van der Waals surface area contributed by atoms with Gasteiger partial charge in [-0.3, -0.25) is 4.79 Å². The van der Waals surface area contributed by atoms with Crippen molar-refractivity contribution in [1.82, 2.24) is 24.3 Å². The molecule has 0 fully saturated rings. The van der Waals surface area contributed by atoms with Crippen LogP contribution in [0, 0.1) is 6.92 Å². The third kappa shape index (κ3) is 3.80. The van der Waals surface area contributed by atoms with E-state index < -0.39 is 0 Å². The zero-order valence-electron chi connectivity index (χ0n) is 13.2. The maximum Gasteiger partial charge on any atom is 0.224 e. The van der Waals surface area contributed by atoms with E-state index in [1.165, 1.54) is 6.33 Å². The molecular formula is C16H17ClN6O. The zero-order valence-corrected chi connectivity index (χ0v) is 13.9. The van der Waals surface area contributed by atoms with Crippen LogP contribution in [0.5, 0.6) is 0 Å². The predicted octanol–water partition coefficient (Wildman–Crippen LogP) is 2.84. The lowest BCUT2D eigenvalue weighted by atomic mass is 10.2. The highest BCUT2D eigenvalue weighted by molar-refractivity contribution is 6.31. The van der Waals surface area contributed by atoms with Gasteiger partial charge >= 0.3 is 0 Å². The van der Waals surface area contributed by atoms with Crippen molar-refractivity contribution in [2.75, 3.05) is 5.32 Å². The molecule has 0 aliphatic heterocycles. The van der Waals surface area contributed by atoms with Crippen molar-refractivity contribution < 1.29 is 4.79 Å². The van der Waals surface area contributed by atoms with Gasteiger partial charge in [-0.05, 0) is 31.5 Å². The summed E-state index contributed by atoms with van der Waals surface area (Å²) < 4.78 is 3.61. The topological polar surface area (TPSA) is 77.6 Å². The number of aryl methyl sites for hydroxylation is 2. The number of carbonyl (C=O) groups is 1. The number of hydrogen-bond donors (Lipinski definition) is 1. The predicted molar refractivity (Wildman–Crippen MR) is 91.2 cm³/mol. The molecule has 0 bridgehead atoms. The van der Waals surface area contributed by atoms with Crippen molar-refractivity contribution in [2.45, 2.75) is 26.3 Å². The van der Waals surface area contributed by atoms with E-state index >= 15 is 0 Å². The van der Waals surface area contributed by atoms with E-state index in [9.17, 15) is 4.79 Å². The lowest BCUT2D eigenvalue weighted by molar-refractivity contribution is -0.116. The Hall–Kier alpha value is -2.67. The number of imidazole rings is 1. The van der Waals surface area contributed by atoms with Crippen molar-refractivity contribution in [1.29, 1.82) is 0 Å². The van der Waals surface area contributed by atoms with Crippen molar-refractivity contribution in [3.63, 3.8) is 0 Å². The van der Waals surface area contributed by atoms with Gasteiger partial charge in [-0.2, -0.15) is 5.10 Å². The van der Waals surface area contributed by atoms with Crippen molar-refractivity contribution in [3.8, 4) is 5.69 Å². The molecule has 2 heterocycles. The smallest absolute Gasteiger partial charge is 0.224 e. The minimum atomic E-state index is -0.0728. The van der Waals surface area contributed by atoms with Crippen LogP contribution in [0.25, 0.3) is 5.69 Å². The summed E-state index contributed by atoms with van der Waals surface area (Å²) in [5.74, 6) is 0.870. The van der Waals surface area contributed by atoms with Gasteiger partial charge in [-0.15, -0.1) is 0 Å². The van der Waals surface area contributed by atoms with Crippen LogP contribution >= 0.6 is 11.6 Å². The quantitative estimate of drug-likeness (QED) is 0.745. The summed E-state index contributed by atoms with van der Waals surface area (Å²) in [6.45, 7) is 2.70. The fraction of sp³-hybridized carbons (Fsp3) is 0.250. The summed E-state index contributed by atoms with van der Waals surface area (Å²) in [7, 11) is 0. The summed E-state index contributed by atoms with van der Waals surface area (Å²) in [5.41, 5.74) is 1.33. The maximum atomic E-state index is 12.2. The molecule has 8 heteroatoms.